The molecule has 1 aliphatic heterocycles. The first-order valence-corrected chi connectivity index (χ1v) is 8.81. The third kappa shape index (κ3) is 5.54. The van der Waals surface area contributed by atoms with E-state index in [4.69, 9.17) is 4.74 Å². The Hall–Kier alpha value is -2.44. The molecule has 0 aromatic heterocycles. The molecule has 2 aromatic rings. The van der Waals surface area contributed by atoms with Crippen LogP contribution in [0.15, 0.2) is 48.5 Å². The van der Waals surface area contributed by atoms with Crippen molar-refractivity contribution in [3.05, 3.63) is 65.5 Å². The lowest BCUT2D eigenvalue weighted by atomic mass is 10.1. The van der Waals surface area contributed by atoms with Gasteiger partial charge in [0.1, 0.15) is 5.82 Å². The maximum Gasteiger partial charge on any atom is 0.319 e. The summed E-state index contributed by atoms with van der Waals surface area (Å²) in [5.74, 6) is -0.331. The van der Waals surface area contributed by atoms with Crippen LogP contribution in [0, 0.1) is 5.82 Å². The van der Waals surface area contributed by atoms with Crippen molar-refractivity contribution in [3.63, 3.8) is 0 Å². The van der Waals surface area contributed by atoms with Crippen LogP contribution in [-0.2, 0) is 17.8 Å². The van der Waals surface area contributed by atoms with Crippen molar-refractivity contribution in [2.75, 3.05) is 25.0 Å². The van der Waals surface area contributed by atoms with Crippen molar-refractivity contribution in [1.82, 2.24) is 10.2 Å². The first-order valence-electron chi connectivity index (χ1n) is 8.81. The standard InChI is InChI=1S/C20H24FN3O2/c1-15-13-24(9-10-26-15)14-17-4-2-3-16(11-17)12-22-20(25)23-19-7-5-18(21)6-8-19/h2-8,11,15H,9-10,12-14H2,1H3,(H2,22,23,25). The van der Waals surface area contributed by atoms with E-state index < -0.39 is 0 Å². The topological polar surface area (TPSA) is 53.6 Å². The molecule has 138 valence electrons. The number of amides is 2. The van der Waals surface area contributed by atoms with Gasteiger partial charge in [0.05, 0.1) is 12.7 Å². The highest BCUT2D eigenvalue weighted by Crippen LogP contribution is 2.12. The van der Waals surface area contributed by atoms with Gasteiger partial charge in [-0.05, 0) is 42.3 Å². The maximum atomic E-state index is 12.9. The zero-order chi connectivity index (χ0) is 18.4. The molecule has 1 fully saturated rings. The minimum Gasteiger partial charge on any atom is -0.376 e. The van der Waals surface area contributed by atoms with E-state index in [1.54, 1.807) is 0 Å². The minimum absolute atomic E-state index is 0.267. The first-order chi connectivity index (χ1) is 12.6. The number of halogens is 1. The number of nitrogens with one attached hydrogen (secondary N) is 2. The van der Waals surface area contributed by atoms with Crippen LogP contribution in [0.5, 0.6) is 0 Å². The Morgan fingerprint density at radius 2 is 2.00 bits per heavy atom. The molecular formula is C20H24FN3O2. The third-order valence-electron chi connectivity index (χ3n) is 4.28. The molecule has 3 rings (SSSR count). The molecule has 1 saturated heterocycles. The molecule has 1 heterocycles. The van der Waals surface area contributed by atoms with Crippen molar-refractivity contribution in [3.8, 4) is 0 Å². The lowest BCUT2D eigenvalue weighted by Crippen LogP contribution is -2.40. The van der Waals surface area contributed by atoms with Gasteiger partial charge in [-0.3, -0.25) is 4.90 Å². The molecule has 2 amide bonds. The van der Waals surface area contributed by atoms with Crippen molar-refractivity contribution < 1.29 is 13.9 Å². The molecule has 2 N–H and O–H groups in total. The second-order valence-corrected chi connectivity index (χ2v) is 6.55. The van der Waals surface area contributed by atoms with Gasteiger partial charge in [0.25, 0.3) is 0 Å². The summed E-state index contributed by atoms with van der Waals surface area (Å²) in [5.41, 5.74) is 2.81. The first kappa shape index (κ1) is 18.4. The minimum atomic E-state index is -0.331. The fraction of sp³-hybridized carbons (Fsp3) is 0.350. The maximum absolute atomic E-state index is 12.9. The highest BCUT2D eigenvalue weighted by atomic mass is 19.1. The van der Waals surface area contributed by atoms with Gasteiger partial charge in [-0.1, -0.05) is 24.3 Å². The number of hydrogen-bond donors (Lipinski definition) is 2. The molecule has 0 spiro atoms. The number of ether oxygens (including phenoxy) is 1. The van der Waals surface area contributed by atoms with Crippen LogP contribution in [0.25, 0.3) is 0 Å². The van der Waals surface area contributed by atoms with Crippen molar-refractivity contribution in [2.24, 2.45) is 0 Å². The van der Waals surface area contributed by atoms with Gasteiger partial charge in [0, 0.05) is 31.9 Å². The number of carbonyl (C=O) groups is 1. The predicted molar refractivity (Wildman–Crippen MR) is 99.4 cm³/mol. The molecule has 0 bridgehead atoms. The van der Waals surface area contributed by atoms with Crippen molar-refractivity contribution in [1.29, 1.82) is 0 Å². The number of benzene rings is 2. The highest BCUT2D eigenvalue weighted by Gasteiger charge is 2.16. The zero-order valence-corrected chi connectivity index (χ0v) is 14.9. The van der Waals surface area contributed by atoms with E-state index in [1.807, 2.05) is 12.1 Å². The van der Waals surface area contributed by atoms with E-state index in [9.17, 15) is 9.18 Å². The SMILES string of the molecule is CC1CN(Cc2cccc(CNC(=O)Nc3ccc(F)cc3)c2)CCO1. The largest absolute Gasteiger partial charge is 0.376 e. The summed E-state index contributed by atoms with van der Waals surface area (Å²) in [7, 11) is 0. The number of carbonyl (C=O) groups excluding carboxylic acids is 1. The predicted octanol–water partition coefficient (Wildman–Crippen LogP) is 3.37. The van der Waals surface area contributed by atoms with Gasteiger partial charge in [-0.15, -0.1) is 0 Å². The summed E-state index contributed by atoms with van der Waals surface area (Å²) >= 11 is 0. The molecule has 0 saturated carbocycles. The van der Waals surface area contributed by atoms with Gasteiger partial charge in [-0.2, -0.15) is 0 Å². The van der Waals surface area contributed by atoms with E-state index in [0.29, 0.717) is 12.2 Å². The number of anilines is 1. The Balaban J connectivity index is 1.50. The van der Waals surface area contributed by atoms with E-state index in [0.717, 1.165) is 31.8 Å². The van der Waals surface area contributed by atoms with Gasteiger partial charge in [0.2, 0.25) is 0 Å². The lowest BCUT2D eigenvalue weighted by molar-refractivity contribution is -0.0212. The van der Waals surface area contributed by atoms with Crippen LogP contribution < -0.4 is 10.6 Å². The zero-order valence-electron chi connectivity index (χ0n) is 14.9. The summed E-state index contributed by atoms with van der Waals surface area (Å²) < 4.78 is 18.5. The molecule has 5 nitrogen and oxygen atoms in total. The van der Waals surface area contributed by atoms with E-state index in [1.165, 1.54) is 29.8 Å². The Labute approximate surface area is 153 Å². The molecule has 2 aromatic carbocycles. The van der Waals surface area contributed by atoms with Crippen LogP contribution in [0.4, 0.5) is 14.9 Å². The summed E-state index contributed by atoms with van der Waals surface area (Å²) in [4.78, 5) is 14.3. The smallest absolute Gasteiger partial charge is 0.319 e. The summed E-state index contributed by atoms with van der Waals surface area (Å²) in [6, 6.07) is 13.6. The molecule has 6 heteroatoms. The van der Waals surface area contributed by atoms with Crippen LogP contribution in [0.1, 0.15) is 18.1 Å². The summed E-state index contributed by atoms with van der Waals surface area (Å²) in [6.45, 7) is 6.04. The van der Waals surface area contributed by atoms with Gasteiger partial charge in [0.15, 0.2) is 0 Å². The fourth-order valence-corrected chi connectivity index (χ4v) is 3.02. The van der Waals surface area contributed by atoms with Crippen LogP contribution in [0.3, 0.4) is 0 Å². The average Bonchev–Trinajstić information content (AvgIpc) is 2.62. The monoisotopic (exact) mass is 357 g/mol. The van der Waals surface area contributed by atoms with Gasteiger partial charge in [-0.25, -0.2) is 9.18 Å². The highest BCUT2D eigenvalue weighted by molar-refractivity contribution is 5.89. The molecule has 0 radical (unpaired) electrons. The Morgan fingerprint density at radius 3 is 2.77 bits per heavy atom. The number of rotatable bonds is 5. The Morgan fingerprint density at radius 1 is 1.23 bits per heavy atom. The van der Waals surface area contributed by atoms with Crippen LogP contribution in [-0.4, -0.2) is 36.7 Å². The molecular weight excluding hydrogens is 333 g/mol. The molecule has 0 aliphatic carbocycles. The second-order valence-electron chi connectivity index (χ2n) is 6.55. The Bertz CT molecular complexity index is 736. The van der Waals surface area contributed by atoms with E-state index in [-0.39, 0.29) is 18.0 Å². The van der Waals surface area contributed by atoms with Gasteiger partial charge >= 0.3 is 6.03 Å². The summed E-state index contributed by atoms with van der Waals surface area (Å²) in [6.07, 6.45) is 0.267. The van der Waals surface area contributed by atoms with Crippen molar-refractivity contribution >= 4 is 11.7 Å². The number of morpholine rings is 1. The van der Waals surface area contributed by atoms with Crippen LogP contribution in [0.2, 0.25) is 0 Å². The molecule has 1 unspecified atom stereocenters. The van der Waals surface area contributed by atoms with Crippen LogP contribution >= 0.6 is 0 Å². The molecule has 26 heavy (non-hydrogen) atoms. The lowest BCUT2D eigenvalue weighted by Gasteiger charge is -2.31. The fourth-order valence-electron chi connectivity index (χ4n) is 3.02. The average molecular weight is 357 g/mol. The number of nitrogens with zero attached hydrogens (tertiary/aromatic N) is 1. The normalized spacial score (nSPS) is 17.7. The quantitative estimate of drug-likeness (QED) is 0.863. The second kappa shape index (κ2) is 8.78. The third-order valence-corrected chi connectivity index (χ3v) is 4.28. The van der Waals surface area contributed by atoms with E-state index >= 15 is 0 Å². The molecule has 1 atom stereocenters. The number of hydrogen-bond acceptors (Lipinski definition) is 3. The molecule has 1 aliphatic rings. The van der Waals surface area contributed by atoms with E-state index in [2.05, 4.69) is 34.6 Å². The summed E-state index contributed by atoms with van der Waals surface area (Å²) in [5, 5.41) is 5.51. The Kier molecular flexibility index (Phi) is 6.20. The number of urea groups is 1. The van der Waals surface area contributed by atoms with Crippen molar-refractivity contribution in [2.45, 2.75) is 26.1 Å². The van der Waals surface area contributed by atoms with Gasteiger partial charge < -0.3 is 15.4 Å².